The molecule has 1 fully saturated rings. The first-order valence-corrected chi connectivity index (χ1v) is 5.82. The van der Waals surface area contributed by atoms with Gasteiger partial charge in [-0.2, -0.15) is 0 Å². The zero-order chi connectivity index (χ0) is 13.1. The summed E-state index contributed by atoms with van der Waals surface area (Å²) in [6.07, 6.45) is -0.00670. The van der Waals surface area contributed by atoms with Crippen LogP contribution in [0.1, 0.15) is 18.4 Å². The van der Waals surface area contributed by atoms with E-state index in [2.05, 4.69) is 0 Å². The Hall–Kier alpha value is -2.04. The van der Waals surface area contributed by atoms with Crippen LogP contribution in [0.2, 0.25) is 0 Å². The molecule has 18 heavy (non-hydrogen) atoms. The molecule has 1 aromatic rings. The molecule has 0 bridgehead atoms. The predicted molar refractivity (Wildman–Crippen MR) is 65.7 cm³/mol. The minimum Gasteiger partial charge on any atom is -0.481 e. The van der Waals surface area contributed by atoms with Crippen LogP contribution in [-0.2, 0) is 9.53 Å². The van der Waals surface area contributed by atoms with Crippen molar-refractivity contribution < 1.29 is 19.4 Å². The number of anilines is 1. The molecule has 1 saturated heterocycles. The molecule has 0 saturated carbocycles. The monoisotopic (exact) mass is 249 g/mol. The molecule has 96 valence electrons. The zero-order valence-corrected chi connectivity index (χ0v) is 10.1. The molecule has 1 atom stereocenters. The Labute approximate surface area is 105 Å². The van der Waals surface area contributed by atoms with Gasteiger partial charge in [0.05, 0.1) is 19.1 Å². The fraction of sp³-hybridized carbons (Fsp3) is 0.385. The summed E-state index contributed by atoms with van der Waals surface area (Å²) >= 11 is 0. The average Bonchev–Trinajstić information content (AvgIpc) is 2.28. The van der Waals surface area contributed by atoms with Crippen LogP contribution in [0.25, 0.3) is 0 Å². The van der Waals surface area contributed by atoms with Gasteiger partial charge in [0.25, 0.3) is 0 Å². The van der Waals surface area contributed by atoms with Crippen LogP contribution in [0, 0.1) is 6.92 Å². The molecule has 0 aliphatic carbocycles. The van der Waals surface area contributed by atoms with Crippen molar-refractivity contribution in [3.8, 4) is 0 Å². The number of amides is 1. The molecule has 1 heterocycles. The van der Waals surface area contributed by atoms with Gasteiger partial charge in [0.1, 0.15) is 0 Å². The van der Waals surface area contributed by atoms with E-state index in [9.17, 15) is 9.59 Å². The van der Waals surface area contributed by atoms with E-state index >= 15 is 0 Å². The van der Waals surface area contributed by atoms with Gasteiger partial charge in [0.2, 0.25) is 0 Å². The van der Waals surface area contributed by atoms with E-state index in [1.165, 1.54) is 4.90 Å². The Morgan fingerprint density at radius 3 is 3.00 bits per heavy atom. The molecule has 2 rings (SSSR count). The summed E-state index contributed by atoms with van der Waals surface area (Å²) in [7, 11) is 0. The minimum atomic E-state index is -0.910. The van der Waals surface area contributed by atoms with Crippen molar-refractivity contribution in [1.29, 1.82) is 0 Å². The Kier molecular flexibility index (Phi) is 3.50. The molecule has 1 unspecified atom stereocenters. The average molecular weight is 249 g/mol. The standard InChI is InChI=1S/C13H15NO4/c1-9-3-2-4-10(7-9)14-11(8-12(15)16)5-6-18-13(14)17/h2-4,7,11H,5-6,8H2,1H3,(H,15,16). The smallest absolute Gasteiger partial charge is 0.414 e. The second-order valence-electron chi connectivity index (χ2n) is 4.36. The normalized spacial score (nSPS) is 19.5. The van der Waals surface area contributed by atoms with E-state index in [1.54, 1.807) is 6.07 Å². The highest BCUT2D eigenvalue weighted by molar-refractivity contribution is 5.90. The number of ether oxygens (including phenoxy) is 1. The number of carboxylic acid groups (broad SMARTS) is 1. The number of rotatable bonds is 3. The summed E-state index contributed by atoms with van der Waals surface area (Å²) in [5.74, 6) is -0.910. The molecule has 0 aromatic heterocycles. The predicted octanol–water partition coefficient (Wildman–Crippen LogP) is 2.19. The molecule has 0 spiro atoms. The summed E-state index contributed by atoms with van der Waals surface area (Å²) in [6.45, 7) is 2.20. The first-order chi connectivity index (χ1) is 8.58. The van der Waals surface area contributed by atoms with Crippen molar-refractivity contribution in [1.82, 2.24) is 0 Å². The van der Waals surface area contributed by atoms with Crippen molar-refractivity contribution in [3.05, 3.63) is 29.8 Å². The maximum absolute atomic E-state index is 11.8. The lowest BCUT2D eigenvalue weighted by atomic mass is 10.1. The second kappa shape index (κ2) is 5.08. The molecular weight excluding hydrogens is 234 g/mol. The Bertz CT molecular complexity index is 472. The van der Waals surface area contributed by atoms with Crippen LogP contribution in [0.3, 0.4) is 0 Å². The lowest BCUT2D eigenvalue weighted by Gasteiger charge is -2.34. The molecule has 1 N–H and O–H groups in total. The highest BCUT2D eigenvalue weighted by Gasteiger charge is 2.32. The van der Waals surface area contributed by atoms with Crippen LogP contribution in [0.4, 0.5) is 10.5 Å². The molecule has 5 heteroatoms. The van der Waals surface area contributed by atoms with Crippen LogP contribution < -0.4 is 4.90 Å². The second-order valence-corrected chi connectivity index (χ2v) is 4.36. The molecule has 1 aliphatic heterocycles. The van der Waals surface area contributed by atoms with E-state index in [1.807, 2.05) is 25.1 Å². The van der Waals surface area contributed by atoms with Crippen molar-refractivity contribution >= 4 is 17.7 Å². The number of benzene rings is 1. The van der Waals surface area contributed by atoms with Crippen LogP contribution >= 0.6 is 0 Å². The van der Waals surface area contributed by atoms with E-state index < -0.39 is 12.1 Å². The van der Waals surface area contributed by atoms with E-state index in [0.717, 1.165) is 5.56 Å². The lowest BCUT2D eigenvalue weighted by Crippen LogP contribution is -2.46. The summed E-state index contributed by atoms with van der Waals surface area (Å²) in [5, 5.41) is 8.89. The van der Waals surface area contributed by atoms with E-state index in [4.69, 9.17) is 9.84 Å². The Morgan fingerprint density at radius 1 is 1.56 bits per heavy atom. The minimum absolute atomic E-state index is 0.0664. The quantitative estimate of drug-likeness (QED) is 0.891. The van der Waals surface area contributed by atoms with Crippen LogP contribution in [-0.4, -0.2) is 29.8 Å². The lowest BCUT2D eigenvalue weighted by molar-refractivity contribution is -0.137. The van der Waals surface area contributed by atoms with Gasteiger partial charge in [-0.1, -0.05) is 12.1 Å². The number of cyclic esters (lactones) is 1. The van der Waals surface area contributed by atoms with Crippen molar-refractivity contribution in [2.75, 3.05) is 11.5 Å². The largest absolute Gasteiger partial charge is 0.481 e. The van der Waals surface area contributed by atoms with Gasteiger partial charge in [-0.3, -0.25) is 9.69 Å². The number of carbonyl (C=O) groups is 2. The molecule has 1 aliphatic rings. The topological polar surface area (TPSA) is 66.8 Å². The van der Waals surface area contributed by atoms with Gasteiger partial charge >= 0.3 is 12.1 Å². The van der Waals surface area contributed by atoms with Crippen molar-refractivity contribution in [2.45, 2.75) is 25.8 Å². The Morgan fingerprint density at radius 2 is 2.33 bits per heavy atom. The fourth-order valence-electron chi connectivity index (χ4n) is 2.12. The third kappa shape index (κ3) is 2.61. The number of hydrogen-bond acceptors (Lipinski definition) is 3. The molecule has 1 aromatic carbocycles. The van der Waals surface area contributed by atoms with Gasteiger partial charge in [-0.25, -0.2) is 4.79 Å². The van der Waals surface area contributed by atoms with Crippen molar-refractivity contribution in [2.24, 2.45) is 0 Å². The summed E-state index contributed by atoms with van der Waals surface area (Å²) in [6, 6.07) is 7.05. The molecule has 1 amide bonds. The van der Waals surface area contributed by atoms with Crippen LogP contribution in [0.15, 0.2) is 24.3 Å². The van der Waals surface area contributed by atoms with E-state index in [-0.39, 0.29) is 19.1 Å². The maximum atomic E-state index is 11.8. The first kappa shape index (κ1) is 12.4. The highest BCUT2D eigenvalue weighted by atomic mass is 16.6. The number of hydrogen-bond donors (Lipinski definition) is 1. The number of carboxylic acids is 1. The number of aryl methyl sites for hydroxylation is 1. The van der Waals surface area contributed by atoms with Crippen LogP contribution in [0.5, 0.6) is 0 Å². The molecule has 0 radical (unpaired) electrons. The Balaban J connectivity index is 2.29. The van der Waals surface area contributed by atoms with Gasteiger partial charge in [0, 0.05) is 12.1 Å². The number of carbonyl (C=O) groups excluding carboxylic acids is 1. The van der Waals surface area contributed by atoms with Gasteiger partial charge in [-0.05, 0) is 24.6 Å². The highest BCUT2D eigenvalue weighted by Crippen LogP contribution is 2.25. The fourth-order valence-corrected chi connectivity index (χ4v) is 2.12. The van der Waals surface area contributed by atoms with E-state index in [0.29, 0.717) is 12.1 Å². The number of aliphatic carboxylic acids is 1. The first-order valence-electron chi connectivity index (χ1n) is 5.82. The van der Waals surface area contributed by atoms with Gasteiger partial charge in [0.15, 0.2) is 0 Å². The summed E-state index contributed by atoms with van der Waals surface area (Å²) < 4.78 is 4.99. The summed E-state index contributed by atoms with van der Waals surface area (Å²) in [4.78, 5) is 24.1. The third-order valence-corrected chi connectivity index (χ3v) is 2.93. The van der Waals surface area contributed by atoms with Gasteiger partial charge < -0.3 is 9.84 Å². The number of nitrogens with zero attached hydrogens (tertiary/aromatic N) is 1. The zero-order valence-electron chi connectivity index (χ0n) is 10.1. The SMILES string of the molecule is Cc1cccc(N2C(=O)OCCC2CC(=O)O)c1. The summed E-state index contributed by atoms with van der Waals surface area (Å²) in [5.41, 5.74) is 1.70. The third-order valence-electron chi connectivity index (χ3n) is 2.93. The van der Waals surface area contributed by atoms with Gasteiger partial charge in [-0.15, -0.1) is 0 Å². The molecular formula is C13H15NO4. The molecule has 5 nitrogen and oxygen atoms in total. The maximum Gasteiger partial charge on any atom is 0.414 e. The van der Waals surface area contributed by atoms with Crippen molar-refractivity contribution in [3.63, 3.8) is 0 Å².